The van der Waals surface area contributed by atoms with Gasteiger partial charge in [-0.1, -0.05) is 18.6 Å². The minimum absolute atomic E-state index is 0.359. The third-order valence-electron chi connectivity index (χ3n) is 5.27. The Bertz CT molecular complexity index is 716. The Morgan fingerprint density at radius 2 is 1.96 bits per heavy atom. The van der Waals surface area contributed by atoms with Gasteiger partial charge in [-0.3, -0.25) is 9.89 Å². The second-order valence-corrected chi connectivity index (χ2v) is 9.49. The molecule has 0 aliphatic carbocycles. The Morgan fingerprint density at radius 3 is 2.56 bits per heavy atom. The van der Waals surface area contributed by atoms with E-state index in [0.29, 0.717) is 17.0 Å². The summed E-state index contributed by atoms with van der Waals surface area (Å²) in [4.78, 5) is 7.23. The van der Waals surface area contributed by atoms with Crippen LogP contribution in [0.1, 0.15) is 38.7 Å². The van der Waals surface area contributed by atoms with Crippen LogP contribution in [0.3, 0.4) is 0 Å². The molecule has 27 heavy (non-hydrogen) atoms. The van der Waals surface area contributed by atoms with E-state index in [4.69, 9.17) is 0 Å². The fourth-order valence-corrected chi connectivity index (χ4v) is 4.22. The van der Waals surface area contributed by atoms with Crippen molar-refractivity contribution >= 4 is 15.8 Å². The summed E-state index contributed by atoms with van der Waals surface area (Å²) in [7, 11) is -1.35. The van der Waals surface area contributed by atoms with Crippen LogP contribution in [0.25, 0.3) is 0 Å². The molecular weight excluding hydrogens is 360 g/mol. The van der Waals surface area contributed by atoms with Crippen molar-refractivity contribution in [3.8, 4) is 0 Å². The van der Waals surface area contributed by atoms with Crippen LogP contribution in [-0.2, 0) is 16.3 Å². The number of likely N-dealkylation sites (tertiary alicyclic amines) is 1. The summed E-state index contributed by atoms with van der Waals surface area (Å²) in [5.41, 5.74) is 1.10. The lowest BCUT2D eigenvalue weighted by Crippen LogP contribution is -2.50. The maximum absolute atomic E-state index is 11.5. The number of hydrogen-bond donors (Lipinski definition) is 2. The van der Waals surface area contributed by atoms with Gasteiger partial charge in [-0.15, -0.1) is 0 Å². The van der Waals surface area contributed by atoms with Gasteiger partial charge in [0.1, 0.15) is 0 Å². The van der Waals surface area contributed by atoms with Gasteiger partial charge in [-0.2, -0.15) is 0 Å². The van der Waals surface area contributed by atoms with E-state index in [1.165, 1.54) is 32.1 Å². The van der Waals surface area contributed by atoms with Crippen molar-refractivity contribution in [2.45, 2.75) is 56.5 Å². The average molecular weight is 395 g/mol. The van der Waals surface area contributed by atoms with E-state index in [1.807, 2.05) is 12.1 Å². The van der Waals surface area contributed by atoms with Crippen LogP contribution in [0, 0.1) is 0 Å². The fraction of sp³-hybridized carbons (Fsp3) is 0.650. The summed E-state index contributed by atoms with van der Waals surface area (Å²) < 4.78 is 23.0. The van der Waals surface area contributed by atoms with E-state index < -0.39 is 9.84 Å². The molecule has 1 aliphatic heterocycles. The first-order valence-electron chi connectivity index (χ1n) is 9.80. The zero-order chi connectivity index (χ0) is 19.9. The van der Waals surface area contributed by atoms with Gasteiger partial charge in [0.15, 0.2) is 15.8 Å². The number of benzene rings is 1. The quantitative estimate of drug-likeness (QED) is 0.547. The summed E-state index contributed by atoms with van der Waals surface area (Å²) in [6.45, 7) is 7.38. The SMILES string of the molecule is CN=C(NCCc1ccc(S(C)(=O)=O)cc1)NCC(C)N1CCCCC1C. The van der Waals surface area contributed by atoms with E-state index in [2.05, 4.69) is 34.4 Å². The molecule has 0 amide bonds. The number of nitrogens with one attached hydrogen (secondary N) is 2. The number of sulfone groups is 1. The molecule has 0 radical (unpaired) electrons. The molecule has 2 N–H and O–H groups in total. The monoisotopic (exact) mass is 394 g/mol. The van der Waals surface area contributed by atoms with Crippen LogP contribution in [0.2, 0.25) is 0 Å². The smallest absolute Gasteiger partial charge is 0.191 e. The number of rotatable bonds is 7. The van der Waals surface area contributed by atoms with Gasteiger partial charge in [0.2, 0.25) is 0 Å². The molecule has 1 heterocycles. The normalized spacial score (nSPS) is 20.3. The molecule has 2 rings (SSSR count). The van der Waals surface area contributed by atoms with Gasteiger partial charge in [-0.25, -0.2) is 8.42 Å². The Hall–Kier alpha value is -1.60. The maximum Gasteiger partial charge on any atom is 0.191 e. The zero-order valence-electron chi connectivity index (χ0n) is 17.0. The van der Waals surface area contributed by atoms with Crippen LogP contribution < -0.4 is 10.6 Å². The molecule has 0 bridgehead atoms. The maximum atomic E-state index is 11.5. The standard InChI is InChI=1S/C20H34N4O2S/c1-16-7-5-6-14-24(16)17(2)15-23-20(21-3)22-13-12-18-8-10-19(11-9-18)27(4,25)26/h8-11,16-17H,5-7,12-15H2,1-4H3,(H2,21,22,23). The summed E-state index contributed by atoms with van der Waals surface area (Å²) in [6.07, 6.45) is 5.95. The molecule has 1 aromatic carbocycles. The molecule has 0 aromatic heterocycles. The molecule has 6 nitrogen and oxygen atoms in total. The first-order valence-corrected chi connectivity index (χ1v) is 11.7. The summed E-state index contributed by atoms with van der Waals surface area (Å²) >= 11 is 0. The van der Waals surface area contributed by atoms with Gasteiger partial charge in [0, 0.05) is 38.5 Å². The van der Waals surface area contributed by atoms with E-state index in [0.717, 1.165) is 31.0 Å². The number of aliphatic imine (C=N–C) groups is 1. The van der Waals surface area contributed by atoms with Gasteiger partial charge in [0.05, 0.1) is 4.90 Å². The Labute approximate surface area is 164 Å². The molecule has 1 aliphatic rings. The molecule has 1 saturated heterocycles. The third-order valence-corrected chi connectivity index (χ3v) is 6.40. The van der Waals surface area contributed by atoms with E-state index in [1.54, 1.807) is 19.2 Å². The number of hydrogen-bond acceptors (Lipinski definition) is 4. The van der Waals surface area contributed by atoms with Crippen LogP contribution in [0.4, 0.5) is 0 Å². The molecule has 1 fully saturated rings. The molecule has 1 aromatic rings. The lowest BCUT2D eigenvalue weighted by molar-refractivity contribution is 0.115. The fourth-order valence-electron chi connectivity index (χ4n) is 3.59. The van der Waals surface area contributed by atoms with E-state index >= 15 is 0 Å². The second kappa shape index (κ2) is 10.1. The predicted octanol–water partition coefficient (Wildman–Crippen LogP) is 2.06. The summed E-state index contributed by atoms with van der Waals surface area (Å²) in [5, 5.41) is 6.75. The first-order chi connectivity index (χ1) is 12.8. The van der Waals surface area contributed by atoms with Crippen molar-refractivity contribution in [3.63, 3.8) is 0 Å². The first kappa shape index (κ1) is 21.7. The Balaban J connectivity index is 1.75. The van der Waals surface area contributed by atoms with Gasteiger partial charge in [0.25, 0.3) is 0 Å². The van der Waals surface area contributed by atoms with E-state index in [9.17, 15) is 8.42 Å². The van der Waals surface area contributed by atoms with Crippen molar-refractivity contribution in [1.82, 2.24) is 15.5 Å². The van der Waals surface area contributed by atoms with Crippen LogP contribution in [0.15, 0.2) is 34.2 Å². The molecule has 0 spiro atoms. The van der Waals surface area contributed by atoms with Crippen LogP contribution in [-0.4, -0.2) is 64.3 Å². The van der Waals surface area contributed by atoms with Crippen LogP contribution in [0.5, 0.6) is 0 Å². The van der Waals surface area contributed by atoms with Gasteiger partial charge >= 0.3 is 0 Å². The lowest BCUT2D eigenvalue weighted by Gasteiger charge is -2.38. The van der Waals surface area contributed by atoms with Crippen molar-refractivity contribution in [2.24, 2.45) is 4.99 Å². The minimum atomic E-state index is -3.14. The van der Waals surface area contributed by atoms with Crippen molar-refractivity contribution in [1.29, 1.82) is 0 Å². The summed E-state index contributed by atoms with van der Waals surface area (Å²) in [5.74, 6) is 0.805. The second-order valence-electron chi connectivity index (χ2n) is 7.48. The largest absolute Gasteiger partial charge is 0.356 e. The number of nitrogens with zero attached hydrogens (tertiary/aromatic N) is 2. The molecule has 7 heteroatoms. The number of piperidine rings is 1. The van der Waals surface area contributed by atoms with Crippen LogP contribution >= 0.6 is 0 Å². The highest BCUT2D eigenvalue weighted by Gasteiger charge is 2.22. The highest BCUT2D eigenvalue weighted by atomic mass is 32.2. The molecule has 152 valence electrons. The van der Waals surface area contributed by atoms with Crippen molar-refractivity contribution in [2.75, 3.05) is 32.9 Å². The lowest BCUT2D eigenvalue weighted by atomic mass is 10.0. The molecule has 2 atom stereocenters. The zero-order valence-corrected chi connectivity index (χ0v) is 17.8. The predicted molar refractivity (Wildman–Crippen MR) is 112 cm³/mol. The Kier molecular flexibility index (Phi) is 8.10. The summed E-state index contributed by atoms with van der Waals surface area (Å²) in [6, 6.07) is 8.20. The molecule has 0 saturated carbocycles. The highest BCUT2D eigenvalue weighted by Crippen LogP contribution is 2.18. The molecule has 2 unspecified atom stereocenters. The van der Waals surface area contributed by atoms with Gasteiger partial charge in [-0.05, 0) is 57.4 Å². The highest BCUT2D eigenvalue weighted by molar-refractivity contribution is 7.90. The van der Waals surface area contributed by atoms with Crippen molar-refractivity contribution in [3.05, 3.63) is 29.8 Å². The van der Waals surface area contributed by atoms with E-state index in [-0.39, 0.29) is 0 Å². The average Bonchev–Trinajstić information content (AvgIpc) is 2.64. The number of guanidine groups is 1. The van der Waals surface area contributed by atoms with Gasteiger partial charge < -0.3 is 10.6 Å². The molecular formula is C20H34N4O2S. The third kappa shape index (κ3) is 6.81. The minimum Gasteiger partial charge on any atom is -0.356 e. The van der Waals surface area contributed by atoms with Crippen molar-refractivity contribution < 1.29 is 8.42 Å². The Morgan fingerprint density at radius 1 is 1.26 bits per heavy atom. The topological polar surface area (TPSA) is 73.8 Å².